The summed E-state index contributed by atoms with van der Waals surface area (Å²) in [5.41, 5.74) is 1.34. The Hall–Kier alpha value is -2.61. The number of rotatable bonds is 5. The monoisotopic (exact) mass is 388 g/mol. The molecule has 144 valence electrons. The fourth-order valence-corrected chi connectivity index (χ4v) is 3.81. The zero-order valence-corrected chi connectivity index (χ0v) is 16.6. The molecule has 2 amide bonds. The number of piperidine rings is 1. The Bertz CT molecular complexity index is 798. The minimum atomic E-state index is -0.0574. The lowest BCUT2D eigenvalue weighted by Crippen LogP contribution is -2.46. The van der Waals surface area contributed by atoms with Crippen LogP contribution in [-0.2, 0) is 4.79 Å². The number of hydrogen-bond acceptors (Lipinski definition) is 6. The van der Waals surface area contributed by atoms with E-state index >= 15 is 0 Å². The van der Waals surface area contributed by atoms with Crippen LogP contribution in [0, 0.1) is 0 Å². The van der Waals surface area contributed by atoms with Crippen molar-refractivity contribution in [3.05, 3.63) is 35.3 Å². The van der Waals surface area contributed by atoms with E-state index in [1.807, 2.05) is 36.2 Å². The van der Waals surface area contributed by atoms with Crippen LogP contribution in [-0.4, -0.2) is 59.9 Å². The van der Waals surface area contributed by atoms with Gasteiger partial charge in [-0.2, -0.15) is 0 Å². The fourth-order valence-electron chi connectivity index (χ4n) is 3.10. The van der Waals surface area contributed by atoms with Gasteiger partial charge in [-0.05, 0) is 37.1 Å². The summed E-state index contributed by atoms with van der Waals surface area (Å²) >= 11 is 1.40. The molecule has 27 heavy (non-hydrogen) atoms. The Morgan fingerprint density at radius 1 is 1.26 bits per heavy atom. The molecule has 1 saturated heterocycles. The van der Waals surface area contributed by atoms with Crippen LogP contribution in [0.2, 0.25) is 0 Å². The molecule has 1 aromatic heterocycles. The first-order valence-electron chi connectivity index (χ1n) is 8.87. The summed E-state index contributed by atoms with van der Waals surface area (Å²) in [4.78, 5) is 32.2. The molecule has 8 heteroatoms. The average Bonchev–Trinajstić information content (AvgIpc) is 3.16. The molecule has 0 radical (unpaired) electrons. The molecule has 0 saturated carbocycles. The number of nitrogens with zero attached hydrogens (tertiary/aromatic N) is 3. The minimum absolute atomic E-state index is 0.0574. The van der Waals surface area contributed by atoms with E-state index in [0.717, 1.165) is 24.3 Å². The van der Waals surface area contributed by atoms with E-state index in [-0.39, 0.29) is 17.9 Å². The molecule has 1 fully saturated rings. The molecule has 0 bridgehead atoms. The molecule has 2 heterocycles. The molecular formula is C19H24N4O3S. The van der Waals surface area contributed by atoms with E-state index in [4.69, 9.17) is 4.74 Å². The number of carbonyl (C=O) groups is 2. The van der Waals surface area contributed by atoms with Gasteiger partial charge in [-0.25, -0.2) is 4.98 Å². The number of ether oxygens (including phenoxy) is 1. The van der Waals surface area contributed by atoms with Crippen molar-refractivity contribution in [3.63, 3.8) is 0 Å². The minimum Gasteiger partial charge on any atom is -0.497 e. The molecule has 1 aromatic carbocycles. The summed E-state index contributed by atoms with van der Waals surface area (Å²) in [6, 6.07) is 7.74. The van der Waals surface area contributed by atoms with Gasteiger partial charge in [-0.3, -0.25) is 9.59 Å². The van der Waals surface area contributed by atoms with Crippen LogP contribution in [0.15, 0.2) is 29.6 Å². The van der Waals surface area contributed by atoms with Gasteiger partial charge in [-0.15, -0.1) is 11.3 Å². The van der Waals surface area contributed by atoms with Gasteiger partial charge in [0.05, 0.1) is 7.11 Å². The number of likely N-dealkylation sites (tertiary alicyclic amines) is 1. The number of benzene rings is 1. The highest BCUT2D eigenvalue weighted by atomic mass is 32.1. The molecule has 1 aliphatic heterocycles. The average molecular weight is 388 g/mol. The third-order valence-electron chi connectivity index (χ3n) is 4.86. The second-order valence-electron chi connectivity index (χ2n) is 6.54. The summed E-state index contributed by atoms with van der Waals surface area (Å²) in [7, 11) is 3.45. The molecule has 7 nitrogen and oxygen atoms in total. The number of nitrogens with one attached hydrogen (secondary N) is 1. The Morgan fingerprint density at radius 3 is 2.52 bits per heavy atom. The van der Waals surface area contributed by atoms with Crippen LogP contribution < -0.4 is 10.1 Å². The SMILES string of the molecule is COc1ccc(Nc2nc(C(=O)N3CCC(N(C)C(C)=O)CC3)cs2)cc1. The van der Waals surface area contributed by atoms with Gasteiger partial charge in [0.25, 0.3) is 5.91 Å². The number of amides is 2. The Morgan fingerprint density at radius 2 is 1.93 bits per heavy atom. The van der Waals surface area contributed by atoms with Crippen molar-refractivity contribution in [2.75, 3.05) is 32.6 Å². The smallest absolute Gasteiger partial charge is 0.273 e. The highest BCUT2D eigenvalue weighted by molar-refractivity contribution is 7.14. The number of carbonyl (C=O) groups excluding carboxylic acids is 2. The van der Waals surface area contributed by atoms with Crippen molar-refractivity contribution in [2.24, 2.45) is 0 Å². The first-order chi connectivity index (χ1) is 13.0. The van der Waals surface area contributed by atoms with Crippen molar-refractivity contribution in [2.45, 2.75) is 25.8 Å². The predicted molar refractivity (Wildman–Crippen MR) is 106 cm³/mol. The number of thiazole rings is 1. The molecule has 1 aliphatic rings. The van der Waals surface area contributed by atoms with E-state index in [1.165, 1.54) is 11.3 Å². The van der Waals surface area contributed by atoms with Gasteiger partial charge in [-0.1, -0.05) is 0 Å². The van der Waals surface area contributed by atoms with Crippen LogP contribution >= 0.6 is 11.3 Å². The van der Waals surface area contributed by atoms with Crippen molar-refractivity contribution >= 4 is 34.0 Å². The Labute approximate surface area is 162 Å². The summed E-state index contributed by atoms with van der Waals surface area (Å²) in [5.74, 6) is 0.792. The summed E-state index contributed by atoms with van der Waals surface area (Å²) in [5, 5.41) is 5.66. The summed E-state index contributed by atoms with van der Waals surface area (Å²) < 4.78 is 5.14. The second-order valence-corrected chi connectivity index (χ2v) is 7.40. The van der Waals surface area contributed by atoms with Crippen LogP contribution in [0.25, 0.3) is 0 Å². The molecule has 2 aromatic rings. The normalized spacial score (nSPS) is 14.7. The maximum absolute atomic E-state index is 12.7. The second kappa shape index (κ2) is 8.39. The quantitative estimate of drug-likeness (QED) is 0.852. The summed E-state index contributed by atoms with van der Waals surface area (Å²) in [6.07, 6.45) is 1.59. The first kappa shape index (κ1) is 19.2. The topological polar surface area (TPSA) is 74.8 Å². The van der Waals surface area contributed by atoms with Gasteiger partial charge >= 0.3 is 0 Å². The predicted octanol–water partition coefficient (Wildman–Crippen LogP) is 2.98. The van der Waals surface area contributed by atoms with Gasteiger partial charge in [0.15, 0.2) is 5.13 Å². The number of anilines is 2. The van der Waals surface area contributed by atoms with Gasteiger partial charge in [0, 0.05) is 44.2 Å². The lowest BCUT2D eigenvalue weighted by atomic mass is 10.0. The fraction of sp³-hybridized carbons (Fsp3) is 0.421. The first-order valence-corrected chi connectivity index (χ1v) is 9.75. The molecule has 0 aliphatic carbocycles. The highest BCUT2D eigenvalue weighted by Crippen LogP contribution is 2.24. The standard InChI is InChI=1S/C19H24N4O3S/c1-13(24)22(2)15-8-10-23(11-9-15)18(25)17-12-27-19(21-17)20-14-4-6-16(26-3)7-5-14/h4-7,12,15H,8-11H2,1-3H3,(H,20,21). The zero-order valence-electron chi connectivity index (χ0n) is 15.8. The van der Waals surface area contributed by atoms with Crippen LogP contribution in [0.3, 0.4) is 0 Å². The highest BCUT2D eigenvalue weighted by Gasteiger charge is 2.27. The van der Waals surface area contributed by atoms with Crippen LogP contribution in [0.1, 0.15) is 30.3 Å². The molecule has 0 atom stereocenters. The number of methoxy groups -OCH3 is 1. The molecule has 0 spiro atoms. The molecular weight excluding hydrogens is 364 g/mol. The van der Waals surface area contributed by atoms with Gasteiger partial charge < -0.3 is 19.9 Å². The van der Waals surface area contributed by atoms with E-state index in [9.17, 15) is 9.59 Å². The third-order valence-corrected chi connectivity index (χ3v) is 5.62. The van der Waals surface area contributed by atoms with Gasteiger partial charge in [0.1, 0.15) is 11.4 Å². The molecule has 0 unspecified atom stereocenters. The molecule has 3 rings (SSSR count). The van der Waals surface area contributed by atoms with Crippen molar-refractivity contribution < 1.29 is 14.3 Å². The van der Waals surface area contributed by atoms with Crippen molar-refractivity contribution in [1.82, 2.24) is 14.8 Å². The zero-order chi connectivity index (χ0) is 19.4. The largest absolute Gasteiger partial charge is 0.497 e. The van der Waals surface area contributed by atoms with E-state index in [0.29, 0.717) is 23.9 Å². The third kappa shape index (κ3) is 4.57. The van der Waals surface area contributed by atoms with E-state index in [1.54, 1.807) is 24.3 Å². The maximum atomic E-state index is 12.7. The Balaban J connectivity index is 1.57. The van der Waals surface area contributed by atoms with Crippen LogP contribution in [0.5, 0.6) is 5.75 Å². The lowest BCUT2D eigenvalue weighted by Gasteiger charge is -2.36. The van der Waals surface area contributed by atoms with E-state index < -0.39 is 0 Å². The number of aromatic nitrogens is 1. The summed E-state index contributed by atoms with van der Waals surface area (Å²) in [6.45, 7) is 2.85. The van der Waals surface area contributed by atoms with Gasteiger partial charge in [0.2, 0.25) is 5.91 Å². The molecule has 1 N–H and O–H groups in total. The Kier molecular flexibility index (Phi) is 5.95. The number of hydrogen-bond donors (Lipinski definition) is 1. The van der Waals surface area contributed by atoms with Crippen molar-refractivity contribution in [1.29, 1.82) is 0 Å². The van der Waals surface area contributed by atoms with Crippen LogP contribution in [0.4, 0.5) is 10.8 Å². The lowest BCUT2D eigenvalue weighted by molar-refractivity contribution is -0.130. The van der Waals surface area contributed by atoms with E-state index in [2.05, 4.69) is 10.3 Å². The van der Waals surface area contributed by atoms with Crippen molar-refractivity contribution in [3.8, 4) is 5.75 Å². The maximum Gasteiger partial charge on any atom is 0.273 e.